The molecule has 4 aromatic rings. The van der Waals surface area contributed by atoms with E-state index in [0.717, 1.165) is 33.9 Å². The summed E-state index contributed by atoms with van der Waals surface area (Å²) in [6.07, 6.45) is 0. The summed E-state index contributed by atoms with van der Waals surface area (Å²) in [6.45, 7) is 1.36. The molecular weight excluding hydrogens is 400 g/mol. The summed E-state index contributed by atoms with van der Waals surface area (Å²) in [7, 11) is 5.58. The number of benzene rings is 2. The quantitative estimate of drug-likeness (QED) is 0.486. The SMILES string of the molecule is COc1ccc(-c2nc(-c3noc4ccc(C(=O)NCCN(C)C)cc34)cs2)cc1. The Hall–Kier alpha value is -3.23. The number of carbonyl (C=O) groups is 1. The lowest BCUT2D eigenvalue weighted by molar-refractivity contribution is 0.0951. The zero-order chi connectivity index (χ0) is 21.1. The van der Waals surface area contributed by atoms with Crippen molar-refractivity contribution in [3.63, 3.8) is 0 Å². The van der Waals surface area contributed by atoms with Crippen LogP contribution >= 0.6 is 11.3 Å². The Morgan fingerprint density at radius 1 is 1.20 bits per heavy atom. The number of fused-ring (bicyclic) bond motifs is 1. The second kappa shape index (κ2) is 8.64. The number of methoxy groups -OCH3 is 1. The minimum absolute atomic E-state index is 0.122. The molecule has 7 nitrogen and oxygen atoms in total. The molecule has 0 saturated heterocycles. The molecule has 0 bridgehead atoms. The van der Waals surface area contributed by atoms with Crippen LogP contribution in [0.1, 0.15) is 10.4 Å². The van der Waals surface area contributed by atoms with Crippen molar-refractivity contribution >= 4 is 28.2 Å². The van der Waals surface area contributed by atoms with Crippen LogP contribution in [0.3, 0.4) is 0 Å². The average molecular weight is 423 g/mol. The molecule has 8 heteroatoms. The predicted octanol–water partition coefficient (Wildman–Crippen LogP) is 3.92. The third-order valence-corrected chi connectivity index (χ3v) is 5.55. The zero-order valence-corrected chi connectivity index (χ0v) is 17.8. The second-order valence-electron chi connectivity index (χ2n) is 7.07. The Labute approximate surface area is 178 Å². The first kappa shape index (κ1) is 20.1. The van der Waals surface area contributed by atoms with Crippen LogP contribution in [-0.2, 0) is 0 Å². The van der Waals surface area contributed by atoms with Gasteiger partial charge in [0.15, 0.2) is 5.58 Å². The number of ether oxygens (including phenoxy) is 1. The van der Waals surface area contributed by atoms with E-state index in [1.54, 1.807) is 25.3 Å². The molecule has 0 unspecified atom stereocenters. The molecule has 0 aliphatic rings. The van der Waals surface area contributed by atoms with Gasteiger partial charge in [-0.1, -0.05) is 5.16 Å². The summed E-state index contributed by atoms with van der Waals surface area (Å²) >= 11 is 1.53. The molecule has 2 aromatic carbocycles. The van der Waals surface area contributed by atoms with Crippen molar-refractivity contribution in [1.29, 1.82) is 0 Å². The van der Waals surface area contributed by atoms with Crippen LogP contribution in [0.25, 0.3) is 32.9 Å². The van der Waals surface area contributed by atoms with E-state index < -0.39 is 0 Å². The van der Waals surface area contributed by atoms with Crippen LogP contribution in [0.5, 0.6) is 5.75 Å². The third kappa shape index (κ3) is 4.19. The van der Waals surface area contributed by atoms with E-state index in [0.29, 0.717) is 23.4 Å². The predicted molar refractivity (Wildman–Crippen MR) is 118 cm³/mol. The molecule has 0 aliphatic carbocycles. The first-order valence-electron chi connectivity index (χ1n) is 9.48. The molecule has 1 amide bonds. The third-order valence-electron chi connectivity index (χ3n) is 4.66. The average Bonchev–Trinajstić information content (AvgIpc) is 3.40. The monoisotopic (exact) mass is 422 g/mol. The highest BCUT2D eigenvalue weighted by molar-refractivity contribution is 7.13. The van der Waals surface area contributed by atoms with Crippen LogP contribution in [0.2, 0.25) is 0 Å². The number of aromatic nitrogens is 2. The number of amides is 1. The molecular formula is C22H22N4O3S. The maximum atomic E-state index is 12.5. The van der Waals surface area contributed by atoms with Crippen LogP contribution < -0.4 is 10.1 Å². The van der Waals surface area contributed by atoms with E-state index in [4.69, 9.17) is 14.2 Å². The Kier molecular flexibility index (Phi) is 5.78. The largest absolute Gasteiger partial charge is 0.497 e. The maximum Gasteiger partial charge on any atom is 0.251 e. The number of carbonyl (C=O) groups excluding carboxylic acids is 1. The molecule has 0 atom stereocenters. The Morgan fingerprint density at radius 2 is 2.00 bits per heavy atom. The molecule has 154 valence electrons. The van der Waals surface area contributed by atoms with Gasteiger partial charge < -0.3 is 19.5 Å². The second-order valence-corrected chi connectivity index (χ2v) is 7.93. The van der Waals surface area contributed by atoms with E-state index in [9.17, 15) is 4.79 Å². The minimum Gasteiger partial charge on any atom is -0.497 e. The molecule has 2 heterocycles. The van der Waals surface area contributed by atoms with E-state index in [1.807, 2.05) is 48.6 Å². The summed E-state index contributed by atoms with van der Waals surface area (Å²) in [6, 6.07) is 13.1. The minimum atomic E-state index is -0.122. The van der Waals surface area contributed by atoms with E-state index >= 15 is 0 Å². The van der Waals surface area contributed by atoms with Crippen molar-refractivity contribution in [2.45, 2.75) is 0 Å². The fraction of sp³-hybridized carbons (Fsp3) is 0.227. The van der Waals surface area contributed by atoms with Gasteiger partial charge in [0.1, 0.15) is 22.1 Å². The van der Waals surface area contributed by atoms with Gasteiger partial charge >= 0.3 is 0 Å². The summed E-state index contributed by atoms with van der Waals surface area (Å²) in [5.41, 5.74) is 3.53. The van der Waals surface area contributed by atoms with Crippen molar-refractivity contribution in [2.24, 2.45) is 0 Å². The van der Waals surface area contributed by atoms with E-state index in [1.165, 1.54) is 11.3 Å². The van der Waals surface area contributed by atoms with Gasteiger partial charge in [-0.3, -0.25) is 4.79 Å². The lowest BCUT2D eigenvalue weighted by Crippen LogP contribution is -2.31. The molecule has 1 N–H and O–H groups in total. The van der Waals surface area contributed by atoms with E-state index in [2.05, 4.69) is 10.5 Å². The van der Waals surface area contributed by atoms with Gasteiger partial charge in [0, 0.05) is 29.6 Å². The van der Waals surface area contributed by atoms with Crippen molar-refractivity contribution in [3.8, 4) is 27.7 Å². The highest BCUT2D eigenvalue weighted by Gasteiger charge is 2.17. The van der Waals surface area contributed by atoms with Crippen molar-refractivity contribution in [2.75, 3.05) is 34.3 Å². The Bertz CT molecular complexity index is 1160. The van der Waals surface area contributed by atoms with Gasteiger partial charge in [-0.05, 0) is 56.6 Å². The number of hydrogen-bond acceptors (Lipinski definition) is 7. The number of rotatable bonds is 7. The van der Waals surface area contributed by atoms with Crippen LogP contribution in [0.15, 0.2) is 52.4 Å². The maximum absolute atomic E-state index is 12.5. The van der Waals surface area contributed by atoms with E-state index in [-0.39, 0.29) is 5.91 Å². The van der Waals surface area contributed by atoms with Gasteiger partial charge in [-0.2, -0.15) is 0 Å². The Balaban J connectivity index is 1.60. The molecule has 4 rings (SSSR count). The molecule has 30 heavy (non-hydrogen) atoms. The number of hydrogen-bond donors (Lipinski definition) is 1. The fourth-order valence-electron chi connectivity index (χ4n) is 3.01. The lowest BCUT2D eigenvalue weighted by atomic mass is 10.1. The summed E-state index contributed by atoms with van der Waals surface area (Å²) < 4.78 is 10.7. The van der Waals surface area contributed by atoms with Gasteiger partial charge in [0.05, 0.1) is 12.5 Å². The molecule has 0 fully saturated rings. The highest BCUT2D eigenvalue weighted by Crippen LogP contribution is 2.33. The number of nitrogens with zero attached hydrogens (tertiary/aromatic N) is 3. The highest BCUT2D eigenvalue weighted by atomic mass is 32.1. The standard InChI is InChI=1S/C22H22N4O3S/c1-26(2)11-10-23-21(27)15-6-9-19-17(12-15)20(25-29-19)18-13-30-22(24-18)14-4-7-16(28-3)8-5-14/h4-9,12-13H,10-11H2,1-3H3,(H,23,27). The molecule has 0 radical (unpaired) electrons. The van der Waals surface area contributed by atoms with Gasteiger partial charge in [0.2, 0.25) is 0 Å². The van der Waals surface area contributed by atoms with Crippen LogP contribution in [0.4, 0.5) is 0 Å². The zero-order valence-electron chi connectivity index (χ0n) is 17.0. The fourth-order valence-corrected chi connectivity index (χ4v) is 3.82. The number of likely N-dealkylation sites (N-methyl/N-ethyl adjacent to an activating group) is 1. The summed E-state index contributed by atoms with van der Waals surface area (Å²) in [4.78, 5) is 19.2. The molecule has 2 aromatic heterocycles. The summed E-state index contributed by atoms with van der Waals surface area (Å²) in [5, 5.41) is 10.7. The number of thiazole rings is 1. The van der Waals surface area contributed by atoms with Crippen molar-refractivity contribution < 1.29 is 14.1 Å². The molecule has 0 aliphatic heterocycles. The topological polar surface area (TPSA) is 80.5 Å². The van der Waals surface area contributed by atoms with Crippen molar-refractivity contribution in [3.05, 3.63) is 53.4 Å². The molecule has 0 saturated carbocycles. The first-order valence-corrected chi connectivity index (χ1v) is 10.4. The van der Waals surface area contributed by atoms with Gasteiger partial charge in [-0.25, -0.2) is 4.98 Å². The van der Waals surface area contributed by atoms with Crippen LogP contribution in [-0.4, -0.2) is 55.2 Å². The first-order chi connectivity index (χ1) is 14.5. The van der Waals surface area contributed by atoms with Crippen LogP contribution in [0, 0.1) is 0 Å². The summed E-state index contributed by atoms with van der Waals surface area (Å²) in [5.74, 6) is 0.678. The lowest BCUT2D eigenvalue weighted by Gasteiger charge is -2.10. The number of nitrogens with one attached hydrogen (secondary N) is 1. The Morgan fingerprint density at radius 3 is 2.73 bits per heavy atom. The molecule has 0 spiro atoms. The van der Waals surface area contributed by atoms with Gasteiger partial charge in [-0.15, -0.1) is 11.3 Å². The van der Waals surface area contributed by atoms with Gasteiger partial charge in [0.25, 0.3) is 5.91 Å². The normalized spacial score (nSPS) is 11.2. The van der Waals surface area contributed by atoms with Crippen molar-refractivity contribution in [1.82, 2.24) is 20.4 Å². The smallest absolute Gasteiger partial charge is 0.251 e.